The van der Waals surface area contributed by atoms with Crippen molar-refractivity contribution in [2.24, 2.45) is 18.0 Å². The third-order valence-corrected chi connectivity index (χ3v) is 6.60. The van der Waals surface area contributed by atoms with Crippen molar-refractivity contribution in [3.63, 3.8) is 0 Å². The fourth-order valence-electron chi connectivity index (χ4n) is 4.17. The van der Waals surface area contributed by atoms with Gasteiger partial charge in [-0.1, -0.05) is 13.8 Å². The van der Waals surface area contributed by atoms with Gasteiger partial charge in [0.05, 0.1) is 16.4 Å². The van der Waals surface area contributed by atoms with Crippen molar-refractivity contribution in [3.05, 3.63) is 33.5 Å². The first-order valence-corrected chi connectivity index (χ1v) is 11.8. The lowest BCUT2D eigenvalue weighted by molar-refractivity contribution is 0.176. The number of rotatable bonds is 7. The van der Waals surface area contributed by atoms with Crippen LogP contribution in [0.5, 0.6) is 0 Å². The number of thiazole rings is 1. The minimum Gasteiger partial charge on any atom is -0.356 e. The molecular formula is C22H38IN7S. The highest BCUT2D eigenvalue weighted by atomic mass is 127. The molecule has 2 aromatic heterocycles. The molecule has 1 aliphatic rings. The average molecular weight is 560 g/mol. The summed E-state index contributed by atoms with van der Waals surface area (Å²) in [6.45, 7) is 11.5. The van der Waals surface area contributed by atoms with Gasteiger partial charge in [0.1, 0.15) is 0 Å². The number of nitrogens with one attached hydrogen (secondary N) is 1. The van der Waals surface area contributed by atoms with Crippen molar-refractivity contribution in [3.8, 4) is 0 Å². The van der Waals surface area contributed by atoms with Crippen molar-refractivity contribution in [2.75, 3.05) is 33.7 Å². The third-order valence-electron chi connectivity index (χ3n) is 5.77. The fraction of sp³-hybridized carbons (Fsp3) is 0.682. The molecule has 1 aliphatic heterocycles. The number of aryl methyl sites for hydroxylation is 2. The number of aliphatic imine (C=N–C) groups is 1. The fourth-order valence-corrected chi connectivity index (χ4v) is 4.78. The van der Waals surface area contributed by atoms with Gasteiger partial charge in [0.15, 0.2) is 5.96 Å². The van der Waals surface area contributed by atoms with Crippen LogP contribution in [0.3, 0.4) is 0 Å². The highest BCUT2D eigenvalue weighted by molar-refractivity contribution is 14.0. The second-order valence-corrected chi connectivity index (χ2v) is 9.79. The molecule has 0 unspecified atom stereocenters. The van der Waals surface area contributed by atoms with E-state index in [0.717, 1.165) is 43.7 Å². The molecule has 0 radical (unpaired) electrons. The molecule has 1 N–H and O–H groups in total. The maximum atomic E-state index is 4.63. The Bertz CT molecular complexity index is 837. The molecular weight excluding hydrogens is 521 g/mol. The van der Waals surface area contributed by atoms with Crippen LogP contribution in [0, 0.1) is 12.8 Å². The van der Waals surface area contributed by atoms with Crippen LogP contribution in [0.2, 0.25) is 0 Å². The Balaban J connectivity index is 0.00000341. The van der Waals surface area contributed by atoms with Gasteiger partial charge >= 0.3 is 0 Å². The van der Waals surface area contributed by atoms with Gasteiger partial charge in [-0.2, -0.15) is 5.10 Å². The van der Waals surface area contributed by atoms with Gasteiger partial charge in [0, 0.05) is 57.9 Å². The van der Waals surface area contributed by atoms with Crippen LogP contribution in [0.25, 0.3) is 0 Å². The Morgan fingerprint density at radius 1 is 1.35 bits per heavy atom. The Morgan fingerprint density at radius 2 is 2.06 bits per heavy atom. The Labute approximate surface area is 208 Å². The Morgan fingerprint density at radius 3 is 2.65 bits per heavy atom. The molecule has 0 aromatic carbocycles. The summed E-state index contributed by atoms with van der Waals surface area (Å²) < 4.78 is 1.91. The van der Waals surface area contributed by atoms with E-state index in [0.29, 0.717) is 11.8 Å². The molecule has 3 heterocycles. The van der Waals surface area contributed by atoms with Gasteiger partial charge in [-0.15, -0.1) is 35.3 Å². The van der Waals surface area contributed by atoms with Crippen LogP contribution in [0.15, 0.2) is 16.6 Å². The second kappa shape index (κ2) is 12.2. The lowest BCUT2D eigenvalue weighted by Gasteiger charge is -2.32. The summed E-state index contributed by atoms with van der Waals surface area (Å²) >= 11 is 1.74. The van der Waals surface area contributed by atoms with Crippen LogP contribution >= 0.6 is 35.3 Å². The molecule has 1 saturated heterocycles. The lowest BCUT2D eigenvalue weighted by Crippen LogP contribution is -2.43. The number of piperidine rings is 1. The Hall–Kier alpha value is -1.20. The summed E-state index contributed by atoms with van der Waals surface area (Å²) in [4.78, 5) is 13.8. The lowest BCUT2D eigenvalue weighted by atomic mass is 9.97. The molecule has 0 amide bonds. The molecule has 7 nitrogen and oxygen atoms in total. The number of hydrogen-bond acceptors (Lipinski definition) is 5. The summed E-state index contributed by atoms with van der Waals surface area (Å²) in [5, 5.41) is 11.6. The van der Waals surface area contributed by atoms with E-state index < -0.39 is 0 Å². The van der Waals surface area contributed by atoms with Crippen LogP contribution in [0.1, 0.15) is 54.6 Å². The smallest absolute Gasteiger partial charge is 0.193 e. The van der Waals surface area contributed by atoms with Crippen LogP contribution in [-0.2, 0) is 20.1 Å². The molecule has 0 saturated carbocycles. The van der Waals surface area contributed by atoms with Crippen molar-refractivity contribution in [1.82, 2.24) is 29.9 Å². The van der Waals surface area contributed by atoms with Crippen molar-refractivity contribution in [1.29, 1.82) is 0 Å². The first-order chi connectivity index (χ1) is 14.4. The van der Waals surface area contributed by atoms with Crippen molar-refractivity contribution < 1.29 is 0 Å². The predicted octanol–water partition coefficient (Wildman–Crippen LogP) is 3.85. The van der Waals surface area contributed by atoms with E-state index in [1.54, 1.807) is 11.3 Å². The number of guanidine groups is 1. The van der Waals surface area contributed by atoms with Crippen molar-refractivity contribution >= 4 is 41.3 Å². The molecule has 0 atom stereocenters. The average Bonchev–Trinajstić information content (AvgIpc) is 3.28. The maximum absolute atomic E-state index is 4.63. The van der Waals surface area contributed by atoms with E-state index in [2.05, 4.69) is 69.6 Å². The van der Waals surface area contributed by atoms with E-state index >= 15 is 0 Å². The molecule has 3 rings (SSSR count). The van der Waals surface area contributed by atoms with Crippen LogP contribution < -0.4 is 5.32 Å². The first kappa shape index (κ1) is 26.1. The van der Waals surface area contributed by atoms with Gasteiger partial charge in [0.2, 0.25) is 0 Å². The minimum atomic E-state index is 0. The summed E-state index contributed by atoms with van der Waals surface area (Å²) in [6, 6.07) is 0. The normalized spacial score (nSPS) is 15.9. The zero-order valence-corrected chi connectivity index (χ0v) is 22.9. The van der Waals surface area contributed by atoms with E-state index in [-0.39, 0.29) is 24.0 Å². The minimum absolute atomic E-state index is 0. The van der Waals surface area contributed by atoms with E-state index in [1.807, 2.05) is 18.8 Å². The summed E-state index contributed by atoms with van der Waals surface area (Å²) in [5.74, 6) is 2.06. The first-order valence-electron chi connectivity index (χ1n) is 10.9. The number of hydrogen-bond donors (Lipinski definition) is 1. The quantitative estimate of drug-likeness (QED) is 0.318. The molecule has 9 heteroatoms. The molecule has 0 bridgehead atoms. The maximum Gasteiger partial charge on any atom is 0.193 e. The monoisotopic (exact) mass is 559 g/mol. The zero-order valence-electron chi connectivity index (χ0n) is 19.8. The topological polar surface area (TPSA) is 61.6 Å². The second-order valence-electron chi connectivity index (χ2n) is 8.73. The molecule has 0 spiro atoms. The molecule has 31 heavy (non-hydrogen) atoms. The summed E-state index contributed by atoms with van der Waals surface area (Å²) in [7, 11) is 5.96. The summed E-state index contributed by atoms with van der Waals surface area (Å²) in [6.07, 6.45) is 4.56. The number of likely N-dealkylation sites (tertiary alicyclic amines) is 1. The highest BCUT2D eigenvalue weighted by Crippen LogP contribution is 2.20. The van der Waals surface area contributed by atoms with Crippen LogP contribution in [0.4, 0.5) is 0 Å². The van der Waals surface area contributed by atoms with Crippen molar-refractivity contribution in [2.45, 2.75) is 52.6 Å². The predicted molar refractivity (Wildman–Crippen MR) is 140 cm³/mol. The molecule has 2 aromatic rings. The SMILES string of the molecule is CN=C(NCC1CCN(Cc2csc(C)n2)CC1)N(C)Cc1cn(C)nc1C(C)C.I. The van der Waals surface area contributed by atoms with Gasteiger partial charge in [-0.05, 0) is 44.7 Å². The zero-order chi connectivity index (χ0) is 21.7. The largest absolute Gasteiger partial charge is 0.356 e. The summed E-state index contributed by atoms with van der Waals surface area (Å²) in [5.41, 5.74) is 3.65. The Kier molecular flexibility index (Phi) is 10.2. The standard InChI is InChI=1S/C22H37N7S.HI/c1-16(2)21-19(13-28(6)26-21)12-27(5)22(23-4)24-11-18-7-9-29(10-8-18)14-20-15-30-17(3)25-20;/h13,15-16,18H,7-12,14H2,1-6H3,(H,23,24);1H. The number of nitrogens with zero attached hydrogens (tertiary/aromatic N) is 6. The van der Waals surface area contributed by atoms with E-state index in [1.165, 1.54) is 29.8 Å². The third kappa shape index (κ3) is 7.42. The number of halogens is 1. The highest BCUT2D eigenvalue weighted by Gasteiger charge is 2.21. The van der Waals surface area contributed by atoms with Gasteiger partial charge in [-0.25, -0.2) is 4.98 Å². The van der Waals surface area contributed by atoms with Gasteiger partial charge in [0.25, 0.3) is 0 Å². The van der Waals surface area contributed by atoms with Gasteiger partial charge in [-0.3, -0.25) is 14.6 Å². The molecule has 1 fully saturated rings. The van der Waals surface area contributed by atoms with E-state index in [9.17, 15) is 0 Å². The number of aromatic nitrogens is 3. The molecule has 174 valence electrons. The van der Waals surface area contributed by atoms with Gasteiger partial charge < -0.3 is 10.2 Å². The van der Waals surface area contributed by atoms with E-state index in [4.69, 9.17) is 0 Å². The van der Waals surface area contributed by atoms with Crippen LogP contribution in [-0.4, -0.2) is 64.3 Å². The molecule has 0 aliphatic carbocycles.